The molecule has 4 rings (SSSR count). The maximum absolute atomic E-state index is 15.0. The minimum absolute atomic E-state index is 0.229. The van der Waals surface area contributed by atoms with E-state index in [0.717, 1.165) is 11.6 Å². The van der Waals surface area contributed by atoms with Gasteiger partial charge in [0.2, 0.25) is 0 Å². The van der Waals surface area contributed by atoms with E-state index in [9.17, 15) is 18.3 Å². The Morgan fingerprint density at radius 2 is 1.90 bits per heavy atom. The summed E-state index contributed by atoms with van der Waals surface area (Å²) in [6, 6.07) is 3.42. The number of nitrogens with zero attached hydrogens (tertiary/aromatic N) is 3. The van der Waals surface area contributed by atoms with Crippen molar-refractivity contribution in [3.8, 4) is 17.0 Å². The molecule has 1 aromatic carbocycles. The number of nitrogens with one attached hydrogen (secondary N) is 1. The molecule has 0 aliphatic carbocycles. The molecule has 0 spiro atoms. The van der Waals surface area contributed by atoms with Crippen LogP contribution in [0, 0.1) is 6.92 Å². The van der Waals surface area contributed by atoms with Crippen molar-refractivity contribution in [1.29, 1.82) is 0 Å². The predicted molar refractivity (Wildman–Crippen MR) is 101 cm³/mol. The van der Waals surface area contributed by atoms with Crippen molar-refractivity contribution < 1.29 is 22.7 Å². The normalized spacial score (nSPS) is 18.7. The molecule has 2 aliphatic rings. The van der Waals surface area contributed by atoms with E-state index in [2.05, 4.69) is 15.5 Å². The lowest BCUT2D eigenvalue weighted by atomic mass is 9.94. The number of phenols is 1. The first-order valence-corrected chi connectivity index (χ1v) is 9.59. The second-order valence-corrected chi connectivity index (χ2v) is 7.84. The van der Waals surface area contributed by atoms with Gasteiger partial charge in [0.05, 0.1) is 17.8 Å². The highest BCUT2D eigenvalue weighted by Gasteiger charge is 2.37. The molecule has 3 heterocycles. The van der Waals surface area contributed by atoms with Gasteiger partial charge in [-0.2, -0.15) is 13.2 Å². The number of benzene rings is 1. The Labute approximate surface area is 165 Å². The largest absolute Gasteiger partial charge is 0.507 e. The fourth-order valence-electron chi connectivity index (χ4n) is 4.15. The topological polar surface area (TPSA) is 61.3 Å². The summed E-state index contributed by atoms with van der Waals surface area (Å²) < 4.78 is 53.9. The minimum Gasteiger partial charge on any atom is -0.507 e. The van der Waals surface area contributed by atoms with Crippen molar-refractivity contribution in [3.63, 3.8) is 0 Å². The number of piperidine rings is 1. The van der Waals surface area contributed by atoms with Gasteiger partial charge in [-0.25, -0.2) is 4.39 Å². The van der Waals surface area contributed by atoms with Gasteiger partial charge in [-0.1, -0.05) is 0 Å². The monoisotopic (exact) mass is 410 g/mol. The number of hydrogen-bond donors (Lipinski definition) is 2. The van der Waals surface area contributed by atoms with E-state index in [4.69, 9.17) is 0 Å². The molecule has 0 radical (unpaired) electrons. The van der Waals surface area contributed by atoms with Gasteiger partial charge in [-0.15, -0.1) is 10.2 Å². The molecule has 0 saturated carbocycles. The second-order valence-electron chi connectivity index (χ2n) is 7.84. The maximum atomic E-state index is 15.0. The van der Waals surface area contributed by atoms with E-state index in [1.165, 1.54) is 6.92 Å². The van der Waals surface area contributed by atoms with Crippen LogP contribution in [0.5, 0.6) is 5.75 Å². The van der Waals surface area contributed by atoms with E-state index in [1.807, 2.05) is 4.90 Å². The number of aromatic nitrogens is 2. The zero-order chi connectivity index (χ0) is 20.8. The summed E-state index contributed by atoms with van der Waals surface area (Å²) in [6.07, 6.45) is -3.00. The molecule has 29 heavy (non-hydrogen) atoms. The first-order valence-electron chi connectivity index (χ1n) is 9.59. The summed E-state index contributed by atoms with van der Waals surface area (Å²) in [6.45, 7) is 3.66. The molecule has 0 unspecified atom stereocenters. The molecule has 9 heteroatoms. The van der Waals surface area contributed by atoms with Crippen LogP contribution in [-0.2, 0) is 12.6 Å². The first kappa shape index (κ1) is 19.9. The average molecular weight is 410 g/mol. The number of phenolic OH excluding ortho intramolecular Hbond substituents is 1. The third-order valence-corrected chi connectivity index (χ3v) is 5.67. The molecule has 1 aromatic heterocycles. The minimum atomic E-state index is -4.54. The molecular formula is C20H22F4N4O. The van der Waals surface area contributed by atoms with Gasteiger partial charge in [-0.3, -0.25) is 0 Å². The summed E-state index contributed by atoms with van der Waals surface area (Å²) >= 11 is 0. The van der Waals surface area contributed by atoms with Gasteiger partial charge in [0.25, 0.3) is 0 Å². The Kier molecular flexibility index (Phi) is 4.88. The highest BCUT2D eigenvalue weighted by molar-refractivity contribution is 5.73. The molecule has 0 bridgehead atoms. The van der Waals surface area contributed by atoms with Crippen LogP contribution in [-0.4, -0.2) is 47.2 Å². The number of fused-ring (bicyclic) bond motifs is 1. The van der Waals surface area contributed by atoms with Gasteiger partial charge < -0.3 is 15.3 Å². The van der Waals surface area contributed by atoms with E-state index in [-0.39, 0.29) is 17.7 Å². The molecule has 156 valence electrons. The van der Waals surface area contributed by atoms with E-state index in [0.29, 0.717) is 56.5 Å². The van der Waals surface area contributed by atoms with E-state index < -0.39 is 23.2 Å². The molecule has 0 amide bonds. The summed E-state index contributed by atoms with van der Waals surface area (Å²) in [5.74, 6) is 0.118. The quantitative estimate of drug-likeness (QED) is 0.757. The highest BCUT2D eigenvalue weighted by atomic mass is 19.4. The molecule has 2 N–H and O–H groups in total. The third kappa shape index (κ3) is 3.88. The maximum Gasteiger partial charge on any atom is 0.416 e. The van der Waals surface area contributed by atoms with Crippen LogP contribution in [0.25, 0.3) is 11.3 Å². The second kappa shape index (κ2) is 7.12. The van der Waals surface area contributed by atoms with Crippen LogP contribution in [0.3, 0.4) is 0 Å². The standard InChI is InChI=1S/C20H22F4N4O/c1-12-8-14(20(22,23)24)10-16(29)17(12)15-9-13-2-7-28(18(13)27-26-15)11-19(21)3-5-25-6-4-19/h8-10,25,29H,2-7,11H2,1H3. The van der Waals surface area contributed by atoms with Crippen molar-refractivity contribution in [3.05, 3.63) is 34.9 Å². The van der Waals surface area contributed by atoms with Gasteiger partial charge >= 0.3 is 6.18 Å². The number of anilines is 1. The SMILES string of the molecule is Cc1cc(C(F)(F)F)cc(O)c1-c1cc2c(nn1)N(CC1(F)CCNCC1)CC2. The lowest BCUT2D eigenvalue weighted by Crippen LogP contribution is -2.46. The van der Waals surface area contributed by atoms with Crippen molar-refractivity contribution in [2.45, 2.75) is 38.0 Å². The Hall–Kier alpha value is -2.42. The van der Waals surface area contributed by atoms with Gasteiger partial charge in [0, 0.05) is 17.7 Å². The Bertz CT molecular complexity index is 902. The van der Waals surface area contributed by atoms with E-state index >= 15 is 4.39 Å². The van der Waals surface area contributed by atoms with Crippen LogP contribution >= 0.6 is 0 Å². The van der Waals surface area contributed by atoms with Crippen LogP contribution in [0.15, 0.2) is 18.2 Å². The molecule has 5 nitrogen and oxygen atoms in total. The van der Waals surface area contributed by atoms with Crippen LogP contribution in [0.2, 0.25) is 0 Å². The lowest BCUT2D eigenvalue weighted by molar-refractivity contribution is -0.137. The molecule has 1 fully saturated rings. The van der Waals surface area contributed by atoms with Crippen molar-refractivity contribution in [1.82, 2.24) is 15.5 Å². The van der Waals surface area contributed by atoms with Crippen molar-refractivity contribution >= 4 is 5.82 Å². The predicted octanol–water partition coefficient (Wildman–Crippen LogP) is 3.63. The number of alkyl halides is 4. The molecule has 2 aromatic rings. The Balaban J connectivity index is 1.61. The summed E-state index contributed by atoms with van der Waals surface area (Å²) in [5.41, 5.74) is -0.523. The Morgan fingerprint density at radius 1 is 1.17 bits per heavy atom. The number of aromatic hydroxyl groups is 1. The fraction of sp³-hybridized carbons (Fsp3) is 0.500. The third-order valence-electron chi connectivity index (χ3n) is 5.67. The Morgan fingerprint density at radius 3 is 2.55 bits per heavy atom. The average Bonchev–Trinajstić information content (AvgIpc) is 3.02. The number of hydrogen-bond acceptors (Lipinski definition) is 5. The smallest absolute Gasteiger partial charge is 0.416 e. The zero-order valence-electron chi connectivity index (χ0n) is 16.0. The van der Waals surface area contributed by atoms with Gasteiger partial charge in [0.15, 0.2) is 5.82 Å². The molecule has 1 saturated heterocycles. The lowest BCUT2D eigenvalue weighted by Gasteiger charge is -2.34. The fourth-order valence-corrected chi connectivity index (χ4v) is 4.15. The summed E-state index contributed by atoms with van der Waals surface area (Å²) in [4.78, 5) is 1.89. The van der Waals surface area contributed by atoms with Crippen LogP contribution < -0.4 is 10.2 Å². The molecule has 0 atom stereocenters. The summed E-state index contributed by atoms with van der Waals surface area (Å²) in [7, 11) is 0. The van der Waals surface area contributed by atoms with Crippen molar-refractivity contribution in [2.75, 3.05) is 31.1 Å². The number of halogens is 4. The molecule has 2 aliphatic heterocycles. The summed E-state index contributed by atoms with van der Waals surface area (Å²) in [5, 5.41) is 21.7. The zero-order valence-corrected chi connectivity index (χ0v) is 16.0. The van der Waals surface area contributed by atoms with Crippen molar-refractivity contribution in [2.24, 2.45) is 0 Å². The molecular weight excluding hydrogens is 388 g/mol. The number of aryl methyl sites for hydroxylation is 1. The first-order chi connectivity index (χ1) is 13.7. The number of rotatable bonds is 3. The highest BCUT2D eigenvalue weighted by Crippen LogP contribution is 2.40. The van der Waals surface area contributed by atoms with Gasteiger partial charge in [-0.05, 0) is 63.0 Å². The van der Waals surface area contributed by atoms with Crippen LogP contribution in [0.4, 0.5) is 23.4 Å². The van der Waals surface area contributed by atoms with Crippen LogP contribution in [0.1, 0.15) is 29.5 Å². The van der Waals surface area contributed by atoms with Gasteiger partial charge in [0.1, 0.15) is 11.4 Å². The van der Waals surface area contributed by atoms with E-state index in [1.54, 1.807) is 6.07 Å².